The van der Waals surface area contributed by atoms with Gasteiger partial charge in [0.1, 0.15) is 11.1 Å². The minimum absolute atomic E-state index is 0.265. The molecule has 1 saturated heterocycles. The number of ether oxygens (including phenoxy) is 2. The molecular weight excluding hydrogens is 569 g/mol. The third-order valence-electron chi connectivity index (χ3n) is 6.87. The number of aromatic amines is 1. The number of nitrogens with one attached hydrogen (secondary N) is 2. The molecule has 2 aliphatic heterocycles. The number of fused-ring (bicyclic) bond motifs is 2. The molecule has 3 atom stereocenters. The normalized spacial score (nSPS) is 19.5. The van der Waals surface area contributed by atoms with Crippen LogP contribution in [0.1, 0.15) is 16.4 Å². The zero-order valence-electron chi connectivity index (χ0n) is 21.5. The van der Waals surface area contributed by atoms with Crippen LogP contribution in [0.4, 0.5) is 15.8 Å². The maximum absolute atomic E-state index is 13.8. The van der Waals surface area contributed by atoms with E-state index in [0.717, 1.165) is 28.0 Å². The molecule has 2 N–H and O–H groups in total. The Morgan fingerprint density at radius 2 is 1.76 bits per heavy atom. The second-order valence-electron chi connectivity index (χ2n) is 9.35. The first-order chi connectivity index (χ1) is 19.8. The molecule has 208 valence electrons. The van der Waals surface area contributed by atoms with Gasteiger partial charge in [0, 0.05) is 16.5 Å². The summed E-state index contributed by atoms with van der Waals surface area (Å²) in [6, 6.07) is 19.2. The van der Waals surface area contributed by atoms with Crippen LogP contribution in [0.25, 0.3) is 0 Å². The SMILES string of the molecule is COc1cc(C2c3sc(=O)[nH]c3SC3C(=O)N(c4ccc(F)cc4)C(=O)C32)ccc1OCC(=O)Nc1ccccc1. The third-order valence-corrected chi connectivity index (χ3v) is 9.27. The number of anilines is 2. The highest BCUT2D eigenvalue weighted by molar-refractivity contribution is 8.00. The molecular formula is C29H22FN3O6S2. The first kappa shape index (κ1) is 26.8. The van der Waals surface area contributed by atoms with Crippen LogP contribution in [-0.2, 0) is 14.4 Å². The minimum atomic E-state index is -0.815. The Hall–Kier alpha value is -4.42. The molecule has 41 heavy (non-hydrogen) atoms. The molecule has 0 saturated carbocycles. The second kappa shape index (κ2) is 10.9. The number of hydrogen-bond donors (Lipinski definition) is 2. The van der Waals surface area contributed by atoms with Gasteiger partial charge in [0.05, 0.1) is 23.7 Å². The number of imide groups is 1. The van der Waals surface area contributed by atoms with Crippen LogP contribution in [0.3, 0.4) is 0 Å². The van der Waals surface area contributed by atoms with Crippen molar-refractivity contribution < 1.29 is 28.2 Å². The number of halogens is 1. The lowest BCUT2D eigenvalue weighted by Crippen LogP contribution is -2.32. The van der Waals surface area contributed by atoms with Crippen LogP contribution >= 0.6 is 23.1 Å². The van der Waals surface area contributed by atoms with Crippen LogP contribution < -0.4 is 24.6 Å². The number of benzene rings is 3. The Morgan fingerprint density at radius 3 is 2.49 bits per heavy atom. The van der Waals surface area contributed by atoms with Gasteiger partial charge in [-0.3, -0.25) is 19.2 Å². The number of hydrogen-bond acceptors (Lipinski definition) is 8. The summed E-state index contributed by atoms with van der Waals surface area (Å²) in [4.78, 5) is 56.3. The van der Waals surface area contributed by atoms with Crippen molar-refractivity contribution >= 4 is 52.2 Å². The molecule has 12 heteroatoms. The highest BCUT2D eigenvalue weighted by Gasteiger charge is 2.56. The molecule has 3 unspecified atom stereocenters. The highest BCUT2D eigenvalue weighted by Crippen LogP contribution is 2.53. The largest absolute Gasteiger partial charge is 0.493 e. The fourth-order valence-corrected chi connectivity index (χ4v) is 7.59. The predicted octanol–water partition coefficient (Wildman–Crippen LogP) is 4.40. The van der Waals surface area contributed by atoms with Crippen LogP contribution in [-0.4, -0.2) is 41.7 Å². The van der Waals surface area contributed by atoms with Crippen LogP contribution in [0.2, 0.25) is 0 Å². The number of para-hydroxylation sites is 1. The van der Waals surface area contributed by atoms with E-state index in [2.05, 4.69) is 10.3 Å². The standard InChI is InChI=1S/C29H22FN3O6S2/c1-38-20-13-15(7-12-19(20)39-14-21(34)31-17-5-3-2-4-6-17)22-23-25(40-26-24(22)41-29(37)32-26)28(36)33(27(23)35)18-10-8-16(30)9-11-18/h2-13,22-23,25H,14H2,1H3,(H,31,34)(H,32,37). The molecule has 0 bridgehead atoms. The van der Waals surface area contributed by atoms with Crippen LogP contribution in [0.15, 0.2) is 82.6 Å². The summed E-state index contributed by atoms with van der Waals surface area (Å²) < 4.78 is 24.8. The number of thioether (sulfide) groups is 1. The molecule has 4 aromatic rings. The highest BCUT2D eigenvalue weighted by atomic mass is 32.2. The van der Waals surface area contributed by atoms with E-state index in [1.165, 1.54) is 31.4 Å². The molecule has 3 heterocycles. The molecule has 2 aliphatic rings. The van der Waals surface area contributed by atoms with Gasteiger partial charge in [0.15, 0.2) is 18.1 Å². The lowest BCUT2D eigenvalue weighted by atomic mass is 9.83. The fourth-order valence-electron chi connectivity index (χ4n) is 5.08. The van der Waals surface area contributed by atoms with Crippen molar-refractivity contribution in [3.63, 3.8) is 0 Å². The summed E-state index contributed by atoms with van der Waals surface area (Å²) in [5.41, 5.74) is 1.55. The predicted molar refractivity (Wildman–Crippen MR) is 152 cm³/mol. The van der Waals surface area contributed by atoms with E-state index in [-0.39, 0.29) is 23.1 Å². The minimum Gasteiger partial charge on any atom is -0.493 e. The van der Waals surface area contributed by atoms with Gasteiger partial charge < -0.3 is 19.8 Å². The summed E-state index contributed by atoms with van der Waals surface area (Å²) in [6.07, 6.45) is 0. The smallest absolute Gasteiger partial charge is 0.305 e. The number of amides is 3. The van der Waals surface area contributed by atoms with Gasteiger partial charge in [-0.15, -0.1) is 0 Å². The van der Waals surface area contributed by atoms with E-state index in [1.807, 2.05) is 6.07 Å². The van der Waals surface area contributed by atoms with Crippen molar-refractivity contribution in [2.24, 2.45) is 5.92 Å². The average Bonchev–Trinajstić information content (AvgIpc) is 3.47. The van der Waals surface area contributed by atoms with Gasteiger partial charge in [0.2, 0.25) is 11.8 Å². The van der Waals surface area contributed by atoms with E-state index < -0.39 is 34.7 Å². The third kappa shape index (κ3) is 5.00. The Kier molecular flexibility index (Phi) is 7.10. The van der Waals surface area contributed by atoms with Crippen LogP contribution in [0.5, 0.6) is 11.5 Å². The second-order valence-corrected chi connectivity index (χ2v) is 11.5. The Morgan fingerprint density at radius 1 is 1.00 bits per heavy atom. The van der Waals surface area contributed by atoms with Crippen molar-refractivity contribution in [3.05, 3.63) is 98.7 Å². The topological polar surface area (TPSA) is 118 Å². The van der Waals surface area contributed by atoms with E-state index in [1.54, 1.807) is 42.5 Å². The molecule has 1 aromatic heterocycles. The lowest BCUT2D eigenvalue weighted by molar-refractivity contribution is -0.122. The molecule has 6 rings (SSSR count). The summed E-state index contributed by atoms with van der Waals surface area (Å²) in [5, 5.41) is 2.49. The summed E-state index contributed by atoms with van der Waals surface area (Å²) in [7, 11) is 1.45. The Balaban J connectivity index is 1.31. The van der Waals surface area contributed by atoms with E-state index >= 15 is 0 Å². The van der Waals surface area contributed by atoms with Gasteiger partial charge in [-0.05, 0) is 54.1 Å². The molecule has 0 aliphatic carbocycles. The molecule has 0 radical (unpaired) electrons. The fraction of sp³-hybridized carbons (Fsp3) is 0.172. The number of nitrogens with zero attached hydrogens (tertiary/aromatic N) is 1. The van der Waals surface area contributed by atoms with Crippen molar-refractivity contribution in [2.75, 3.05) is 23.9 Å². The summed E-state index contributed by atoms with van der Waals surface area (Å²) in [6.45, 7) is -0.265. The number of rotatable bonds is 7. The van der Waals surface area contributed by atoms with Gasteiger partial charge in [-0.2, -0.15) is 0 Å². The number of thiazole rings is 1. The number of carbonyl (C=O) groups is 3. The zero-order chi connectivity index (χ0) is 28.7. The number of methoxy groups -OCH3 is 1. The zero-order valence-corrected chi connectivity index (χ0v) is 23.1. The first-order valence-corrected chi connectivity index (χ1v) is 14.2. The monoisotopic (exact) mass is 591 g/mol. The average molecular weight is 592 g/mol. The molecule has 3 amide bonds. The first-order valence-electron chi connectivity index (χ1n) is 12.5. The molecule has 3 aromatic carbocycles. The lowest BCUT2D eigenvalue weighted by Gasteiger charge is -2.30. The molecule has 0 spiro atoms. The van der Waals surface area contributed by atoms with Crippen molar-refractivity contribution in [2.45, 2.75) is 16.2 Å². The molecule has 9 nitrogen and oxygen atoms in total. The number of carbonyl (C=O) groups excluding carboxylic acids is 3. The van der Waals surface area contributed by atoms with Crippen molar-refractivity contribution in [1.82, 2.24) is 4.98 Å². The van der Waals surface area contributed by atoms with Crippen molar-refractivity contribution in [1.29, 1.82) is 0 Å². The Bertz CT molecular complexity index is 1710. The van der Waals surface area contributed by atoms with Gasteiger partial charge in [-0.1, -0.05) is 47.4 Å². The van der Waals surface area contributed by atoms with E-state index in [9.17, 15) is 23.6 Å². The van der Waals surface area contributed by atoms with Crippen LogP contribution in [0, 0.1) is 11.7 Å². The number of aromatic nitrogens is 1. The van der Waals surface area contributed by atoms with Gasteiger partial charge >= 0.3 is 4.87 Å². The Labute approximate surface area is 241 Å². The van der Waals surface area contributed by atoms with Gasteiger partial charge in [0.25, 0.3) is 5.91 Å². The van der Waals surface area contributed by atoms with Crippen molar-refractivity contribution in [3.8, 4) is 11.5 Å². The summed E-state index contributed by atoms with van der Waals surface area (Å²) in [5.74, 6) is -2.53. The summed E-state index contributed by atoms with van der Waals surface area (Å²) >= 11 is 2.14. The quantitative estimate of drug-likeness (QED) is 0.306. The molecule has 1 fully saturated rings. The van der Waals surface area contributed by atoms with Gasteiger partial charge in [-0.25, -0.2) is 9.29 Å². The maximum atomic E-state index is 13.8. The number of H-pyrrole nitrogens is 1. The van der Waals surface area contributed by atoms with E-state index in [0.29, 0.717) is 32.7 Å². The maximum Gasteiger partial charge on any atom is 0.305 e. The van der Waals surface area contributed by atoms with E-state index in [4.69, 9.17) is 9.47 Å².